The van der Waals surface area contributed by atoms with E-state index in [9.17, 15) is 14.3 Å². The van der Waals surface area contributed by atoms with Gasteiger partial charge in [-0.2, -0.15) is 0 Å². The molecule has 6 heteroatoms. The molecule has 0 saturated carbocycles. The minimum atomic E-state index is -0.514. The molecule has 0 radical (unpaired) electrons. The molecule has 31 heavy (non-hydrogen) atoms. The molecule has 3 aromatic rings. The number of nitrogens with zero attached hydrogens (tertiary/aromatic N) is 3. The highest BCUT2D eigenvalue weighted by Gasteiger charge is 2.31. The lowest BCUT2D eigenvalue weighted by molar-refractivity contribution is 0.207. The Bertz CT molecular complexity index is 1110. The van der Waals surface area contributed by atoms with E-state index >= 15 is 0 Å². The van der Waals surface area contributed by atoms with Crippen molar-refractivity contribution in [1.82, 2.24) is 9.47 Å². The summed E-state index contributed by atoms with van der Waals surface area (Å²) in [5.74, 6) is -0.389. The van der Waals surface area contributed by atoms with Gasteiger partial charge in [-0.05, 0) is 49.7 Å². The van der Waals surface area contributed by atoms with Gasteiger partial charge in [0, 0.05) is 44.1 Å². The molecule has 5 nitrogen and oxygen atoms in total. The lowest BCUT2D eigenvalue weighted by Crippen LogP contribution is -2.49. The van der Waals surface area contributed by atoms with Crippen LogP contribution >= 0.6 is 0 Å². The molecule has 0 bridgehead atoms. The molecule has 1 aromatic heterocycles. The van der Waals surface area contributed by atoms with Crippen LogP contribution < -0.4 is 10.5 Å². The first-order valence-corrected chi connectivity index (χ1v) is 10.7. The second-order valence-corrected chi connectivity index (χ2v) is 7.95. The van der Waals surface area contributed by atoms with Crippen molar-refractivity contribution in [3.05, 3.63) is 93.7 Å². The van der Waals surface area contributed by atoms with E-state index in [4.69, 9.17) is 0 Å². The molecule has 0 spiro atoms. The van der Waals surface area contributed by atoms with Crippen LogP contribution in [-0.2, 0) is 6.54 Å². The van der Waals surface area contributed by atoms with Crippen molar-refractivity contribution in [1.29, 1.82) is 0 Å². The minimum Gasteiger partial charge on any atom is -0.507 e. The summed E-state index contributed by atoms with van der Waals surface area (Å²) in [6.45, 7) is 7.17. The van der Waals surface area contributed by atoms with Crippen LogP contribution in [0.1, 0.15) is 29.8 Å². The highest BCUT2D eigenvalue weighted by atomic mass is 19.1. The van der Waals surface area contributed by atoms with Crippen LogP contribution in [0.4, 0.5) is 10.1 Å². The maximum atomic E-state index is 14.1. The van der Waals surface area contributed by atoms with E-state index in [1.165, 1.54) is 12.1 Å². The zero-order valence-corrected chi connectivity index (χ0v) is 18.0. The molecule has 2 aromatic carbocycles. The van der Waals surface area contributed by atoms with E-state index in [2.05, 4.69) is 21.9 Å². The van der Waals surface area contributed by atoms with Gasteiger partial charge in [-0.3, -0.25) is 9.69 Å². The first-order valence-electron chi connectivity index (χ1n) is 10.7. The van der Waals surface area contributed by atoms with Crippen LogP contribution in [0.25, 0.3) is 0 Å². The van der Waals surface area contributed by atoms with Crippen LogP contribution in [0, 0.1) is 12.7 Å². The van der Waals surface area contributed by atoms with Gasteiger partial charge in [0.2, 0.25) is 0 Å². The molecule has 162 valence electrons. The third kappa shape index (κ3) is 4.21. The van der Waals surface area contributed by atoms with E-state index < -0.39 is 6.04 Å². The number of benzene rings is 2. The van der Waals surface area contributed by atoms with Crippen molar-refractivity contribution < 1.29 is 9.50 Å². The fraction of sp³-hybridized carbons (Fsp3) is 0.320. The standard InChI is InChI=1S/C25H28FN3O2/c1-3-29-18(2)16-22(30)23(25(29)31)24(19-8-7-9-20(26)17-19)28-14-12-27(13-15-28)21-10-5-4-6-11-21/h4-11,16-17,24,30H,3,12-15H2,1-2H3/t24-/m0/s1. The Morgan fingerprint density at radius 1 is 1.00 bits per heavy atom. The van der Waals surface area contributed by atoms with E-state index in [0.717, 1.165) is 18.8 Å². The molecular weight excluding hydrogens is 393 g/mol. The predicted octanol–water partition coefficient (Wildman–Crippen LogP) is 3.93. The molecule has 0 unspecified atom stereocenters. The highest BCUT2D eigenvalue weighted by Crippen LogP contribution is 2.34. The number of aryl methyl sites for hydroxylation is 1. The van der Waals surface area contributed by atoms with Gasteiger partial charge >= 0.3 is 0 Å². The number of halogens is 1. The number of aromatic hydroxyl groups is 1. The van der Waals surface area contributed by atoms with Gasteiger partial charge < -0.3 is 14.6 Å². The highest BCUT2D eigenvalue weighted by molar-refractivity contribution is 5.47. The Morgan fingerprint density at radius 2 is 1.71 bits per heavy atom. The van der Waals surface area contributed by atoms with Crippen LogP contribution in [-0.4, -0.2) is 40.8 Å². The number of pyridine rings is 1. The minimum absolute atomic E-state index is 0.0352. The van der Waals surface area contributed by atoms with E-state index in [-0.39, 0.29) is 17.1 Å². The molecule has 1 aliphatic rings. The first-order chi connectivity index (χ1) is 15.0. The Labute approximate surface area is 182 Å². The van der Waals surface area contributed by atoms with Gasteiger partial charge in [0.1, 0.15) is 11.6 Å². The number of hydrogen-bond acceptors (Lipinski definition) is 4. The Balaban J connectivity index is 1.73. The molecular formula is C25H28FN3O2. The van der Waals surface area contributed by atoms with E-state index in [1.54, 1.807) is 16.7 Å². The Kier molecular flexibility index (Phi) is 6.09. The maximum Gasteiger partial charge on any atom is 0.259 e. The summed E-state index contributed by atoms with van der Waals surface area (Å²) in [5.41, 5.74) is 2.63. The topological polar surface area (TPSA) is 48.7 Å². The smallest absolute Gasteiger partial charge is 0.259 e. The fourth-order valence-corrected chi connectivity index (χ4v) is 4.53. The molecule has 1 atom stereocenters. The number of anilines is 1. The molecule has 1 aliphatic heterocycles. The second-order valence-electron chi connectivity index (χ2n) is 7.95. The number of piperazine rings is 1. The fourth-order valence-electron chi connectivity index (χ4n) is 4.53. The summed E-state index contributed by atoms with van der Waals surface area (Å²) in [7, 11) is 0. The molecule has 1 fully saturated rings. The van der Waals surface area contributed by atoms with Crippen LogP contribution in [0.2, 0.25) is 0 Å². The normalized spacial score (nSPS) is 15.8. The zero-order valence-electron chi connectivity index (χ0n) is 18.0. The number of aromatic nitrogens is 1. The quantitative estimate of drug-likeness (QED) is 0.678. The number of para-hydroxylation sites is 1. The van der Waals surface area contributed by atoms with Crippen molar-refractivity contribution in [3.63, 3.8) is 0 Å². The number of hydrogen-bond donors (Lipinski definition) is 1. The summed E-state index contributed by atoms with van der Waals surface area (Å²) >= 11 is 0. The third-order valence-corrected chi connectivity index (χ3v) is 6.08. The third-order valence-electron chi connectivity index (χ3n) is 6.08. The average Bonchev–Trinajstić information content (AvgIpc) is 2.77. The average molecular weight is 422 g/mol. The zero-order chi connectivity index (χ0) is 22.0. The van der Waals surface area contributed by atoms with Gasteiger partial charge in [0.25, 0.3) is 5.56 Å². The SMILES string of the molecule is CCn1c(C)cc(O)c([C@H](c2cccc(F)c2)N2CCN(c3ccccc3)CC2)c1=O. The van der Waals surface area contributed by atoms with Crippen LogP contribution in [0.3, 0.4) is 0 Å². The van der Waals surface area contributed by atoms with Crippen molar-refractivity contribution >= 4 is 5.69 Å². The first kappa shape index (κ1) is 21.1. The number of rotatable bonds is 5. The molecule has 1 N–H and O–H groups in total. The monoisotopic (exact) mass is 421 g/mol. The molecule has 4 rings (SSSR count). The van der Waals surface area contributed by atoms with Gasteiger partial charge in [-0.25, -0.2) is 4.39 Å². The molecule has 0 amide bonds. The Hall–Kier alpha value is -3.12. The molecule has 1 saturated heterocycles. The van der Waals surface area contributed by atoms with Gasteiger partial charge in [0.15, 0.2) is 0 Å². The molecule has 2 heterocycles. The maximum absolute atomic E-state index is 14.1. The van der Waals surface area contributed by atoms with Crippen LogP contribution in [0.15, 0.2) is 65.5 Å². The van der Waals surface area contributed by atoms with E-state index in [1.807, 2.05) is 38.1 Å². The van der Waals surface area contributed by atoms with E-state index in [0.29, 0.717) is 36.5 Å². The summed E-state index contributed by atoms with van der Waals surface area (Å²) in [4.78, 5) is 17.8. The largest absolute Gasteiger partial charge is 0.507 e. The van der Waals surface area contributed by atoms with Crippen molar-refractivity contribution in [3.8, 4) is 5.75 Å². The lowest BCUT2D eigenvalue weighted by atomic mass is 9.95. The van der Waals surface area contributed by atoms with Gasteiger partial charge in [0.05, 0.1) is 11.6 Å². The lowest BCUT2D eigenvalue weighted by Gasteiger charge is -2.40. The van der Waals surface area contributed by atoms with Gasteiger partial charge in [-0.1, -0.05) is 30.3 Å². The van der Waals surface area contributed by atoms with Crippen molar-refractivity contribution in [2.45, 2.75) is 26.4 Å². The van der Waals surface area contributed by atoms with Gasteiger partial charge in [-0.15, -0.1) is 0 Å². The van der Waals surface area contributed by atoms with Crippen molar-refractivity contribution in [2.75, 3.05) is 31.1 Å². The summed E-state index contributed by atoms with van der Waals surface area (Å²) in [5, 5.41) is 10.8. The summed E-state index contributed by atoms with van der Waals surface area (Å²) < 4.78 is 15.8. The summed E-state index contributed by atoms with van der Waals surface area (Å²) in [6.07, 6.45) is 0. The van der Waals surface area contributed by atoms with Crippen LogP contribution in [0.5, 0.6) is 5.75 Å². The summed E-state index contributed by atoms with van der Waals surface area (Å²) in [6, 6.07) is 17.7. The molecule has 0 aliphatic carbocycles. The van der Waals surface area contributed by atoms with Crippen molar-refractivity contribution in [2.24, 2.45) is 0 Å². The second kappa shape index (κ2) is 8.94. The predicted molar refractivity (Wildman–Crippen MR) is 121 cm³/mol. The Morgan fingerprint density at radius 3 is 2.35 bits per heavy atom.